The van der Waals surface area contributed by atoms with E-state index in [9.17, 15) is 9.59 Å². The first kappa shape index (κ1) is 19.4. The molecule has 2 N–H and O–H groups in total. The van der Waals surface area contributed by atoms with Crippen LogP contribution in [0, 0.1) is 0 Å². The zero-order chi connectivity index (χ0) is 20.1. The van der Waals surface area contributed by atoms with Crippen LogP contribution in [0.5, 0.6) is 0 Å². The van der Waals surface area contributed by atoms with Gasteiger partial charge in [0.25, 0.3) is 0 Å². The summed E-state index contributed by atoms with van der Waals surface area (Å²) < 4.78 is 0. The Balaban J connectivity index is 1.37. The van der Waals surface area contributed by atoms with E-state index in [1.54, 1.807) is 16.2 Å². The number of thiophene rings is 1. The number of anilines is 2. The fraction of sp³-hybridized carbons (Fsp3) is 0.217. The Bertz CT molecular complexity index is 956. The molecule has 148 valence electrons. The van der Waals surface area contributed by atoms with Gasteiger partial charge in [-0.2, -0.15) is 0 Å². The Hall–Kier alpha value is -2.96. The van der Waals surface area contributed by atoms with Crippen LogP contribution < -0.4 is 15.5 Å². The highest BCUT2D eigenvalue weighted by atomic mass is 32.1. The van der Waals surface area contributed by atoms with Gasteiger partial charge in [0.05, 0.1) is 12.6 Å². The van der Waals surface area contributed by atoms with Crippen molar-refractivity contribution in [3.8, 4) is 0 Å². The molecule has 0 spiro atoms. The summed E-state index contributed by atoms with van der Waals surface area (Å²) >= 11 is 1.67. The van der Waals surface area contributed by atoms with Crippen LogP contribution in [0.3, 0.4) is 0 Å². The quantitative estimate of drug-likeness (QED) is 0.620. The Labute approximate surface area is 174 Å². The number of hydrogen-bond acceptors (Lipinski definition) is 4. The number of nitrogens with one attached hydrogen (secondary N) is 2. The van der Waals surface area contributed by atoms with Crippen LogP contribution in [0.4, 0.5) is 11.4 Å². The molecule has 6 heteroatoms. The molecule has 3 aromatic rings. The molecule has 2 aromatic carbocycles. The molecule has 1 aliphatic heterocycles. The van der Waals surface area contributed by atoms with Crippen molar-refractivity contribution >= 4 is 34.5 Å². The average Bonchev–Trinajstić information content (AvgIpc) is 3.42. The summed E-state index contributed by atoms with van der Waals surface area (Å²) in [6, 6.07) is 21.6. The van der Waals surface area contributed by atoms with Gasteiger partial charge in [0, 0.05) is 29.2 Å². The molecule has 1 aliphatic rings. The molecule has 1 saturated heterocycles. The van der Waals surface area contributed by atoms with Crippen LogP contribution in [0.1, 0.15) is 29.3 Å². The van der Waals surface area contributed by atoms with Crippen molar-refractivity contribution in [2.24, 2.45) is 0 Å². The number of rotatable bonds is 7. The monoisotopic (exact) mass is 405 g/mol. The van der Waals surface area contributed by atoms with E-state index >= 15 is 0 Å². The molecule has 0 bridgehead atoms. The molecule has 5 nitrogen and oxygen atoms in total. The Kier molecular flexibility index (Phi) is 6.03. The Morgan fingerprint density at radius 2 is 1.83 bits per heavy atom. The van der Waals surface area contributed by atoms with E-state index < -0.39 is 0 Å². The molecule has 1 fully saturated rings. The molecule has 1 atom stereocenters. The maximum Gasteiger partial charge on any atom is 0.238 e. The summed E-state index contributed by atoms with van der Waals surface area (Å²) in [4.78, 5) is 27.3. The van der Waals surface area contributed by atoms with Gasteiger partial charge in [-0.3, -0.25) is 14.9 Å². The van der Waals surface area contributed by atoms with Gasteiger partial charge in [0.2, 0.25) is 11.8 Å². The van der Waals surface area contributed by atoms with Crippen molar-refractivity contribution in [1.29, 1.82) is 0 Å². The van der Waals surface area contributed by atoms with E-state index in [4.69, 9.17) is 0 Å². The van der Waals surface area contributed by atoms with E-state index in [0.717, 1.165) is 29.9 Å². The lowest BCUT2D eigenvalue weighted by Gasteiger charge is -2.18. The highest BCUT2D eigenvalue weighted by molar-refractivity contribution is 7.10. The molecule has 0 radical (unpaired) electrons. The van der Waals surface area contributed by atoms with Gasteiger partial charge in [0.15, 0.2) is 0 Å². The molecule has 0 aliphatic carbocycles. The minimum absolute atomic E-state index is 0.0227. The maximum atomic E-state index is 12.5. The Morgan fingerprint density at radius 3 is 2.48 bits per heavy atom. The molecule has 0 saturated carbocycles. The predicted octanol–water partition coefficient (Wildman–Crippen LogP) is 4.19. The number of amides is 2. The van der Waals surface area contributed by atoms with Gasteiger partial charge >= 0.3 is 0 Å². The van der Waals surface area contributed by atoms with Gasteiger partial charge in [0.1, 0.15) is 0 Å². The summed E-state index contributed by atoms with van der Waals surface area (Å²) in [7, 11) is 0. The molecule has 2 amide bonds. The van der Waals surface area contributed by atoms with Crippen LogP contribution >= 0.6 is 11.3 Å². The topological polar surface area (TPSA) is 61.4 Å². The Morgan fingerprint density at radius 1 is 1.03 bits per heavy atom. The fourth-order valence-electron chi connectivity index (χ4n) is 3.53. The van der Waals surface area contributed by atoms with E-state index in [0.29, 0.717) is 6.42 Å². The van der Waals surface area contributed by atoms with Crippen molar-refractivity contribution in [2.75, 3.05) is 23.3 Å². The van der Waals surface area contributed by atoms with Crippen LogP contribution in [0.2, 0.25) is 0 Å². The van der Waals surface area contributed by atoms with Crippen molar-refractivity contribution in [2.45, 2.75) is 18.9 Å². The van der Waals surface area contributed by atoms with E-state index in [1.165, 1.54) is 4.88 Å². The summed E-state index contributed by atoms with van der Waals surface area (Å²) in [5.74, 6) is 0.0546. The predicted molar refractivity (Wildman–Crippen MR) is 117 cm³/mol. The van der Waals surface area contributed by atoms with Gasteiger partial charge in [-0.1, -0.05) is 36.4 Å². The lowest BCUT2D eigenvalue weighted by molar-refractivity contribution is -0.117. The zero-order valence-corrected chi connectivity index (χ0v) is 16.8. The smallest absolute Gasteiger partial charge is 0.238 e. The van der Waals surface area contributed by atoms with Gasteiger partial charge < -0.3 is 10.2 Å². The second-order valence-corrected chi connectivity index (χ2v) is 7.96. The number of hydrogen-bond donors (Lipinski definition) is 2. The van der Waals surface area contributed by atoms with Gasteiger partial charge in [-0.05, 0) is 47.7 Å². The first-order valence-corrected chi connectivity index (χ1v) is 10.6. The molecule has 4 rings (SSSR count). The van der Waals surface area contributed by atoms with Gasteiger partial charge in [-0.15, -0.1) is 11.3 Å². The average molecular weight is 406 g/mol. The fourth-order valence-corrected chi connectivity index (χ4v) is 4.36. The summed E-state index contributed by atoms with van der Waals surface area (Å²) in [5, 5.41) is 8.33. The van der Waals surface area contributed by atoms with Gasteiger partial charge in [-0.25, -0.2) is 0 Å². The van der Waals surface area contributed by atoms with E-state index in [2.05, 4.69) is 28.8 Å². The second-order valence-electron chi connectivity index (χ2n) is 6.98. The van der Waals surface area contributed by atoms with Crippen LogP contribution in [-0.4, -0.2) is 24.9 Å². The van der Waals surface area contributed by atoms with Crippen LogP contribution in [-0.2, 0) is 9.59 Å². The van der Waals surface area contributed by atoms with E-state index in [1.807, 2.05) is 53.9 Å². The highest BCUT2D eigenvalue weighted by Gasteiger charge is 2.21. The third-order valence-corrected chi connectivity index (χ3v) is 5.90. The van der Waals surface area contributed by atoms with Crippen LogP contribution in [0.15, 0.2) is 72.1 Å². The van der Waals surface area contributed by atoms with Crippen molar-refractivity contribution < 1.29 is 9.59 Å². The normalized spacial score (nSPS) is 14.8. The number of carbonyl (C=O) groups excluding carboxylic acids is 2. The highest BCUT2D eigenvalue weighted by Crippen LogP contribution is 2.26. The summed E-state index contributed by atoms with van der Waals surface area (Å²) in [5.41, 5.74) is 2.73. The zero-order valence-electron chi connectivity index (χ0n) is 16.0. The first-order chi connectivity index (χ1) is 14.2. The molecular weight excluding hydrogens is 382 g/mol. The molecular formula is C23H23N3O2S. The van der Waals surface area contributed by atoms with Crippen molar-refractivity contribution in [3.63, 3.8) is 0 Å². The maximum absolute atomic E-state index is 12.5. The van der Waals surface area contributed by atoms with Crippen molar-refractivity contribution in [3.05, 3.63) is 82.6 Å². The largest absolute Gasteiger partial charge is 0.325 e. The molecule has 2 heterocycles. The third-order valence-electron chi connectivity index (χ3n) is 4.96. The lowest BCUT2D eigenvalue weighted by atomic mass is 10.1. The first-order valence-electron chi connectivity index (χ1n) is 9.73. The molecule has 29 heavy (non-hydrogen) atoms. The second kappa shape index (κ2) is 9.03. The molecule has 1 aromatic heterocycles. The standard InChI is InChI=1S/C23H23N3O2S/c27-21(25-18-10-12-19(13-11-18)26-14-4-9-22(26)28)16-24-23(20-8-5-15-29-20)17-6-2-1-3-7-17/h1-3,5-8,10-13,15,23-24H,4,9,14,16H2,(H,25,27). The summed E-state index contributed by atoms with van der Waals surface area (Å²) in [6.07, 6.45) is 1.51. The van der Waals surface area contributed by atoms with E-state index in [-0.39, 0.29) is 24.4 Å². The minimum Gasteiger partial charge on any atom is -0.325 e. The number of carbonyl (C=O) groups is 2. The number of nitrogens with zero attached hydrogens (tertiary/aromatic N) is 1. The minimum atomic E-state index is -0.104. The van der Waals surface area contributed by atoms with Crippen LogP contribution in [0.25, 0.3) is 0 Å². The van der Waals surface area contributed by atoms with Crippen molar-refractivity contribution in [1.82, 2.24) is 5.32 Å². The number of benzene rings is 2. The third kappa shape index (κ3) is 4.72. The molecule has 1 unspecified atom stereocenters. The SMILES string of the molecule is O=C(CNC(c1ccccc1)c1cccs1)Nc1ccc(N2CCCC2=O)cc1. The summed E-state index contributed by atoms with van der Waals surface area (Å²) in [6.45, 7) is 0.960. The lowest BCUT2D eigenvalue weighted by Crippen LogP contribution is -2.31.